The van der Waals surface area contributed by atoms with Gasteiger partial charge < -0.3 is 15.2 Å². The quantitative estimate of drug-likeness (QED) is 0.598. The number of guanidine groups is 1. The van der Waals surface area contributed by atoms with Crippen molar-refractivity contribution in [3.8, 4) is 0 Å². The lowest BCUT2D eigenvalue weighted by Crippen LogP contribution is -2.38. The largest absolute Gasteiger partial charge is 0.390 e. The monoisotopic (exact) mass is 320 g/mol. The van der Waals surface area contributed by atoms with Gasteiger partial charge in [0.05, 0.1) is 18.7 Å². The van der Waals surface area contributed by atoms with Crippen LogP contribution in [0.3, 0.4) is 0 Å². The summed E-state index contributed by atoms with van der Waals surface area (Å²) in [5.74, 6) is 1.28. The lowest BCUT2D eigenvalue weighted by Gasteiger charge is -2.11. The first-order valence-corrected chi connectivity index (χ1v) is 7.36. The predicted molar refractivity (Wildman–Crippen MR) is 78.7 cm³/mol. The van der Waals surface area contributed by atoms with E-state index < -0.39 is 12.6 Å². The van der Waals surface area contributed by atoms with E-state index in [0.717, 1.165) is 18.5 Å². The molecular weight excluding hydrogens is 297 g/mol. The molecule has 0 saturated heterocycles. The first-order chi connectivity index (χ1) is 10.4. The van der Waals surface area contributed by atoms with Crippen molar-refractivity contribution in [2.45, 2.75) is 51.7 Å². The van der Waals surface area contributed by atoms with Crippen molar-refractivity contribution in [3.05, 3.63) is 17.5 Å². The topological polar surface area (TPSA) is 62.5 Å². The second kappa shape index (κ2) is 8.65. The van der Waals surface area contributed by atoms with Crippen molar-refractivity contribution in [3.63, 3.8) is 0 Å². The molecule has 1 aromatic heterocycles. The molecule has 2 N–H and O–H groups in total. The lowest BCUT2D eigenvalue weighted by atomic mass is 9.99. The molecule has 0 bridgehead atoms. The van der Waals surface area contributed by atoms with Crippen molar-refractivity contribution in [2.75, 3.05) is 13.6 Å². The molecule has 1 heterocycles. The van der Waals surface area contributed by atoms with Crippen LogP contribution in [0.5, 0.6) is 0 Å². The number of aromatic nitrogens is 1. The number of hydrogen-bond acceptors (Lipinski definition) is 3. The number of halogens is 3. The Morgan fingerprint density at radius 2 is 2.00 bits per heavy atom. The van der Waals surface area contributed by atoms with Crippen molar-refractivity contribution < 1.29 is 17.7 Å². The van der Waals surface area contributed by atoms with Crippen molar-refractivity contribution in [1.29, 1.82) is 0 Å². The Bertz CT molecular complexity index is 467. The molecule has 0 aliphatic carbocycles. The summed E-state index contributed by atoms with van der Waals surface area (Å²) < 4.78 is 41.5. The summed E-state index contributed by atoms with van der Waals surface area (Å²) in [5.41, 5.74) is 0.904. The summed E-state index contributed by atoms with van der Waals surface area (Å²) in [5, 5.41) is 9.54. The number of alkyl halides is 3. The zero-order valence-electron chi connectivity index (χ0n) is 13.1. The number of nitrogens with zero attached hydrogens (tertiary/aromatic N) is 2. The molecule has 0 radical (unpaired) electrons. The van der Waals surface area contributed by atoms with Gasteiger partial charge in [-0.3, -0.25) is 4.99 Å². The van der Waals surface area contributed by atoms with Crippen LogP contribution in [0.1, 0.15) is 50.5 Å². The maximum atomic E-state index is 12.1. The Morgan fingerprint density at radius 1 is 1.32 bits per heavy atom. The van der Waals surface area contributed by atoms with Gasteiger partial charge in [-0.05, 0) is 12.8 Å². The maximum Gasteiger partial charge on any atom is 0.390 e. The summed E-state index contributed by atoms with van der Waals surface area (Å²) in [4.78, 5) is 3.86. The van der Waals surface area contributed by atoms with Gasteiger partial charge >= 0.3 is 6.18 Å². The molecule has 1 aromatic rings. The van der Waals surface area contributed by atoms with Gasteiger partial charge in [-0.15, -0.1) is 0 Å². The molecule has 0 aliphatic heterocycles. The minimum atomic E-state index is -4.18. The fourth-order valence-corrected chi connectivity index (χ4v) is 2.03. The smallest absolute Gasteiger partial charge is 0.359 e. The Hall–Kier alpha value is -1.73. The first kappa shape index (κ1) is 18.3. The van der Waals surface area contributed by atoms with Gasteiger partial charge in [0.2, 0.25) is 0 Å². The summed E-state index contributed by atoms with van der Waals surface area (Å²) >= 11 is 0. The van der Waals surface area contributed by atoms with Crippen LogP contribution in [0.2, 0.25) is 0 Å². The highest BCUT2D eigenvalue weighted by atomic mass is 19.4. The molecule has 0 aliphatic rings. The van der Waals surface area contributed by atoms with E-state index >= 15 is 0 Å². The summed E-state index contributed by atoms with van der Waals surface area (Å²) in [6, 6.07) is 1.87. The normalized spacial score (nSPS) is 12.8. The highest BCUT2D eigenvalue weighted by molar-refractivity contribution is 5.79. The average Bonchev–Trinajstić information content (AvgIpc) is 2.91. The summed E-state index contributed by atoms with van der Waals surface area (Å²) in [6.45, 7) is 4.28. The van der Waals surface area contributed by atoms with E-state index in [1.165, 1.54) is 7.05 Å². The first-order valence-electron chi connectivity index (χ1n) is 7.36. The van der Waals surface area contributed by atoms with E-state index in [1.807, 2.05) is 6.07 Å². The van der Waals surface area contributed by atoms with Gasteiger partial charge in [0.1, 0.15) is 0 Å². The van der Waals surface area contributed by atoms with E-state index in [2.05, 4.69) is 34.6 Å². The zero-order valence-corrected chi connectivity index (χ0v) is 13.1. The maximum absolute atomic E-state index is 12.1. The Kier molecular flexibility index (Phi) is 7.20. The van der Waals surface area contributed by atoms with Crippen LogP contribution in [-0.4, -0.2) is 30.9 Å². The minimum absolute atomic E-state index is 0.224. The fraction of sp³-hybridized carbons (Fsp3) is 0.714. The van der Waals surface area contributed by atoms with Gasteiger partial charge in [-0.25, -0.2) is 0 Å². The van der Waals surface area contributed by atoms with Crippen LogP contribution in [0.15, 0.2) is 15.6 Å². The number of nitrogens with one attached hydrogen (secondary N) is 2. The van der Waals surface area contributed by atoms with Crippen molar-refractivity contribution in [2.24, 2.45) is 4.99 Å². The highest BCUT2D eigenvalue weighted by Crippen LogP contribution is 2.22. The molecular formula is C14H23F3N4O. The molecule has 1 rings (SSSR count). The van der Waals surface area contributed by atoms with E-state index in [1.54, 1.807) is 0 Å². The fourth-order valence-electron chi connectivity index (χ4n) is 2.03. The molecule has 0 aromatic carbocycles. The summed E-state index contributed by atoms with van der Waals surface area (Å²) in [6.07, 6.45) is -3.12. The molecule has 22 heavy (non-hydrogen) atoms. The highest BCUT2D eigenvalue weighted by Gasteiger charge is 2.26. The standard InChI is InChI=1S/C14H23F3N4O/c1-4-10(5-2)12-8-11(22-21-12)9-20-13(18-3)19-7-6-14(15,16)17/h8,10H,4-7,9H2,1-3H3,(H2,18,19,20). The Balaban J connectivity index is 2.44. The third kappa shape index (κ3) is 6.36. The molecule has 0 fully saturated rings. The van der Waals surface area contributed by atoms with E-state index in [-0.39, 0.29) is 6.54 Å². The number of rotatable bonds is 7. The molecule has 126 valence electrons. The van der Waals surface area contributed by atoms with E-state index in [4.69, 9.17) is 4.52 Å². The second-order valence-corrected chi connectivity index (χ2v) is 4.95. The van der Waals surface area contributed by atoms with Crippen LogP contribution in [0.25, 0.3) is 0 Å². The molecule has 0 atom stereocenters. The molecule has 0 saturated carbocycles. The van der Waals surface area contributed by atoms with Gasteiger partial charge in [0.25, 0.3) is 0 Å². The number of aliphatic imine (C=N–C) groups is 1. The Morgan fingerprint density at radius 3 is 2.55 bits per heavy atom. The molecule has 0 spiro atoms. The van der Waals surface area contributed by atoms with E-state index in [0.29, 0.717) is 24.2 Å². The summed E-state index contributed by atoms with van der Waals surface area (Å²) in [7, 11) is 1.50. The van der Waals surface area contributed by atoms with Crippen molar-refractivity contribution >= 4 is 5.96 Å². The van der Waals surface area contributed by atoms with Crippen LogP contribution >= 0.6 is 0 Å². The van der Waals surface area contributed by atoms with Crippen LogP contribution in [0.4, 0.5) is 13.2 Å². The lowest BCUT2D eigenvalue weighted by molar-refractivity contribution is -0.132. The zero-order chi connectivity index (χ0) is 16.6. The van der Waals surface area contributed by atoms with E-state index in [9.17, 15) is 13.2 Å². The molecule has 8 heteroatoms. The predicted octanol–water partition coefficient (Wildman–Crippen LogP) is 3.20. The third-order valence-corrected chi connectivity index (χ3v) is 3.34. The number of hydrogen-bond donors (Lipinski definition) is 2. The molecule has 0 amide bonds. The van der Waals surface area contributed by atoms with Crippen molar-refractivity contribution in [1.82, 2.24) is 15.8 Å². The SMILES string of the molecule is CCC(CC)c1cc(CNC(=NC)NCCC(F)(F)F)on1. The third-order valence-electron chi connectivity index (χ3n) is 3.34. The van der Waals surface area contributed by atoms with Gasteiger partial charge in [0.15, 0.2) is 11.7 Å². The van der Waals surface area contributed by atoms with Gasteiger partial charge in [-0.2, -0.15) is 13.2 Å². The van der Waals surface area contributed by atoms with Crippen LogP contribution in [-0.2, 0) is 6.54 Å². The average molecular weight is 320 g/mol. The van der Waals surface area contributed by atoms with Gasteiger partial charge in [0, 0.05) is 25.6 Å². The molecule has 0 unspecified atom stereocenters. The minimum Gasteiger partial charge on any atom is -0.359 e. The van der Waals surface area contributed by atoms with Crippen LogP contribution in [0, 0.1) is 0 Å². The second-order valence-electron chi connectivity index (χ2n) is 4.95. The molecule has 5 nitrogen and oxygen atoms in total. The van der Waals surface area contributed by atoms with Crippen LogP contribution < -0.4 is 10.6 Å². The van der Waals surface area contributed by atoms with Gasteiger partial charge in [-0.1, -0.05) is 19.0 Å². The Labute approximate surface area is 128 Å².